The second-order valence-electron chi connectivity index (χ2n) is 6.50. The van der Waals surface area contributed by atoms with Crippen LogP contribution in [0.2, 0.25) is 5.02 Å². The number of carbonyl (C=O) groups is 1. The van der Waals surface area contributed by atoms with Gasteiger partial charge in [0.25, 0.3) is 0 Å². The lowest BCUT2D eigenvalue weighted by Crippen LogP contribution is -2.42. The molecule has 0 aliphatic carbocycles. The molecule has 3 rings (SSSR count). The average molecular weight is 404 g/mol. The minimum atomic E-state index is -0.142. The van der Waals surface area contributed by atoms with E-state index in [4.69, 9.17) is 16.9 Å². The number of rotatable bonds is 8. The largest absolute Gasteiger partial charge is 0.367 e. The normalized spacial score (nSPS) is 16.5. The molecule has 1 atom stereocenters. The van der Waals surface area contributed by atoms with Gasteiger partial charge in [-0.05, 0) is 19.4 Å². The fourth-order valence-electron chi connectivity index (χ4n) is 3.09. The molecule has 2 aromatic rings. The van der Waals surface area contributed by atoms with Crippen LogP contribution >= 0.6 is 11.6 Å². The number of halogens is 1. The van der Waals surface area contributed by atoms with Crippen molar-refractivity contribution < 1.29 is 4.79 Å². The SMILES string of the molecule is Cn1cc(Nc2ncc(Cl)c(NCC3CCCN3CC(=O)NCC#N)n2)cn1. The molecule has 148 valence electrons. The molecular weight excluding hydrogens is 382 g/mol. The summed E-state index contributed by atoms with van der Waals surface area (Å²) in [6.45, 7) is 1.75. The van der Waals surface area contributed by atoms with Crippen LogP contribution in [0.25, 0.3) is 0 Å². The number of amides is 1. The van der Waals surface area contributed by atoms with Gasteiger partial charge in [-0.1, -0.05) is 11.6 Å². The molecule has 0 radical (unpaired) electrons. The quantitative estimate of drug-likeness (QED) is 0.560. The van der Waals surface area contributed by atoms with E-state index in [2.05, 4.69) is 35.9 Å². The fraction of sp³-hybridized carbons (Fsp3) is 0.471. The Morgan fingerprint density at radius 1 is 1.46 bits per heavy atom. The van der Waals surface area contributed by atoms with E-state index in [1.54, 1.807) is 10.9 Å². The van der Waals surface area contributed by atoms with Crippen molar-refractivity contribution in [2.24, 2.45) is 7.05 Å². The van der Waals surface area contributed by atoms with Gasteiger partial charge in [0, 0.05) is 25.8 Å². The molecule has 0 spiro atoms. The summed E-state index contributed by atoms with van der Waals surface area (Å²) in [5.41, 5.74) is 0.779. The van der Waals surface area contributed by atoms with Crippen molar-refractivity contribution in [3.05, 3.63) is 23.6 Å². The Bertz CT molecular complexity index is 863. The molecule has 0 saturated carbocycles. The Morgan fingerprint density at radius 2 is 2.32 bits per heavy atom. The number of nitrogens with one attached hydrogen (secondary N) is 3. The molecule has 0 aromatic carbocycles. The molecule has 2 aromatic heterocycles. The summed E-state index contributed by atoms with van der Waals surface area (Å²) in [5, 5.41) is 22.0. The number of aromatic nitrogens is 4. The van der Waals surface area contributed by atoms with Crippen LogP contribution in [-0.4, -0.2) is 62.8 Å². The fourth-order valence-corrected chi connectivity index (χ4v) is 3.25. The van der Waals surface area contributed by atoms with Crippen LogP contribution in [0.3, 0.4) is 0 Å². The van der Waals surface area contributed by atoms with Crippen molar-refractivity contribution in [3.63, 3.8) is 0 Å². The zero-order valence-corrected chi connectivity index (χ0v) is 16.3. The first-order valence-electron chi connectivity index (χ1n) is 8.95. The summed E-state index contributed by atoms with van der Waals surface area (Å²) >= 11 is 6.23. The third-order valence-electron chi connectivity index (χ3n) is 4.42. The predicted molar refractivity (Wildman–Crippen MR) is 105 cm³/mol. The highest BCUT2D eigenvalue weighted by Gasteiger charge is 2.26. The first-order chi connectivity index (χ1) is 13.5. The number of anilines is 3. The minimum absolute atomic E-state index is 0.0266. The predicted octanol–water partition coefficient (Wildman–Crippen LogP) is 1.12. The van der Waals surface area contributed by atoms with E-state index in [0.717, 1.165) is 25.1 Å². The van der Waals surface area contributed by atoms with Crippen LogP contribution in [0, 0.1) is 11.3 Å². The first kappa shape index (κ1) is 19.9. The number of carbonyl (C=O) groups excluding carboxylic acids is 1. The maximum absolute atomic E-state index is 11.9. The van der Waals surface area contributed by atoms with Crippen molar-refractivity contribution in [3.8, 4) is 6.07 Å². The van der Waals surface area contributed by atoms with Gasteiger partial charge in [0.1, 0.15) is 11.6 Å². The number of nitriles is 1. The van der Waals surface area contributed by atoms with Crippen LogP contribution in [0.4, 0.5) is 17.5 Å². The molecule has 11 heteroatoms. The van der Waals surface area contributed by atoms with Gasteiger partial charge in [-0.2, -0.15) is 15.3 Å². The molecule has 1 unspecified atom stereocenters. The van der Waals surface area contributed by atoms with E-state index in [1.807, 2.05) is 19.3 Å². The number of hydrogen-bond acceptors (Lipinski definition) is 8. The Balaban J connectivity index is 1.58. The van der Waals surface area contributed by atoms with E-state index in [0.29, 0.717) is 23.3 Å². The van der Waals surface area contributed by atoms with E-state index in [-0.39, 0.29) is 25.0 Å². The smallest absolute Gasteiger partial charge is 0.235 e. The maximum Gasteiger partial charge on any atom is 0.235 e. The van der Waals surface area contributed by atoms with Crippen molar-refractivity contribution in [1.29, 1.82) is 5.26 Å². The van der Waals surface area contributed by atoms with Crippen LogP contribution < -0.4 is 16.0 Å². The summed E-state index contributed by atoms with van der Waals surface area (Å²) in [4.78, 5) is 22.6. The molecule has 3 heterocycles. The van der Waals surface area contributed by atoms with Gasteiger partial charge in [0.2, 0.25) is 11.9 Å². The lowest BCUT2D eigenvalue weighted by atomic mass is 10.2. The third-order valence-corrected chi connectivity index (χ3v) is 4.70. The average Bonchev–Trinajstić information content (AvgIpc) is 3.29. The van der Waals surface area contributed by atoms with Crippen LogP contribution in [-0.2, 0) is 11.8 Å². The molecule has 0 bridgehead atoms. The van der Waals surface area contributed by atoms with Gasteiger partial charge < -0.3 is 16.0 Å². The Labute approximate surface area is 167 Å². The van der Waals surface area contributed by atoms with Gasteiger partial charge >= 0.3 is 0 Å². The topological polar surface area (TPSA) is 124 Å². The second kappa shape index (κ2) is 9.34. The minimum Gasteiger partial charge on any atom is -0.367 e. The highest BCUT2D eigenvalue weighted by Crippen LogP contribution is 2.23. The standard InChI is InChI=1S/C17H22ClN9O/c1-26-10-12(7-23-26)24-17-22-9-14(18)16(25-17)21-8-13-3-2-6-27(13)11-15(28)20-5-4-19/h7,9-10,13H,2-3,5-6,8,11H2,1H3,(H,20,28)(H2,21,22,24,25). The lowest BCUT2D eigenvalue weighted by molar-refractivity contribution is -0.122. The molecule has 28 heavy (non-hydrogen) atoms. The zero-order chi connectivity index (χ0) is 19.9. The van der Waals surface area contributed by atoms with Crippen molar-refractivity contribution >= 4 is 35.0 Å². The van der Waals surface area contributed by atoms with Crippen LogP contribution in [0.1, 0.15) is 12.8 Å². The van der Waals surface area contributed by atoms with E-state index >= 15 is 0 Å². The molecular formula is C17H22ClN9O. The maximum atomic E-state index is 11.9. The van der Waals surface area contributed by atoms with Gasteiger partial charge in [-0.25, -0.2) is 4.98 Å². The summed E-state index contributed by atoms with van der Waals surface area (Å²) in [5.74, 6) is 0.805. The highest BCUT2D eigenvalue weighted by molar-refractivity contribution is 6.32. The van der Waals surface area contributed by atoms with Crippen LogP contribution in [0.15, 0.2) is 18.6 Å². The van der Waals surface area contributed by atoms with Crippen molar-refractivity contribution in [2.75, 3.05) is 36.8 Å². The third kappa shape index (κ3) is 5.31. The lowest BCUT2D eigenvalue weighted by Gasteiger charge is -2.24. The molecule has 1 amide bonds. The molecule has 1 fully saturated rings. The van der Waals surface area contributed by atoms with E-state index in [9.17, 15) is 4.79 Å². The molecule has 1 aliphatic rings. The van der Waals surface area contributed by atoms with Crippen molar-refractivity contribution in [1.82, 2.24) is 30.0 Å². The molecule has 10 nitrogen and oxygen atoms in total. The summed E-state index contributed by atoms with van der Waals surface area (Å²) in [6, 6.07) is 2.10. The number of likely N-dealkylation sites (tertiary alicyclic amines) is 1. The highest BCUT2D eigenvalue weighted by atomic mass is 35.5. The first-order valence-corrected chi connectivity index (χ1v) is 9.32. The van der Waals surface area contributed by atoms with Gasteiger partial charge in [-0.15, -0.1) is 0 Å². The zero-order valence-electron chi connectivity index (χ0n) is 15.5. The summed E-state index contributed by atoms with van der Waals surface area (Å²) in [7, 11) is 1.83. The monoisotopic (exact) mass is 403 g/mol. The Hall–Kier alpha value is -2.90. The van der Waals surface area contributed by atoms with E-state index < -0.39 is 0 Å². The van der Waals surface area contributed by atoms with Crippen LogP contribution in [0.5, 0.6) is 0 Å². The van der Waals surface area contributed by atoms with Gasteiger partial charge in [-0.3, -0.25) is 14.4 Å². The molecule has 1 aliphatic heterocycles. The number of nitrogens with zero attached hydrogens (tertiary/aromatic N) is 6. The number of aryl methyl sites for hydroxylation is 1. The number of hydrogen-bond donors (Lipinski definition) is 3. The summed E-state index contributed by atoms with van der Waals surface area (Å²) in [6.07, 6.45) is 7.03. The van der Waals surface area contributed by atoms with E-state index in [1.165, 1.54) is 6.20 Å². The van der Waals surface area contributed by atoms with Gasteiger partial charge in [0.15, 0.2) is 5.82 Å². The Kier molecular flexibility index (Phi) is 6.62. The molecule has 1 saturated heterocycles. The second-order valence-corrected chi connectivity index (χ2v) is 6.91. The Morgan fingerprint density at radius 3 is 3.07 bits per heavy atom. The summed E-state index contributed by atoms with van der Waals surface area (Å²) < 4.78 is 1.68. The van der Waals surface area contributed by atoms with Crippen molar-refractivity contribution in [2.45, 2.75) is 18.9 Å². The molecule has 3 N–H and O–H groups in total. The van der Waals surface area contributed by atoms with Gasteiger partial charge in [0.05, 0.1) is 30.7 Å².